The lowest BCUT2D eigenvalue weighted by molar-refractivity contribution is -0.105. The highest BCUT2D eigenvalue weighted by Crippen LogP contribution is 2.40. The number of benzene rings is 2. The van der Waals surface area contributed by atoms with Crippen LogP contribution >= 0.6 is 15.9 Å². The van der Waals surface area contributed by atoms with Gasteiger partial charge in [-0.2, -0.15) is 0 Å². The van der Waals surface area contributed by atoms with Gasteiger partial charge in [0.2, 0.25) is 6.41 Å². The summed E-state index contributed by atoms with van der Waals surface area (Å²) in [6.07, 6.45) is 0.596. The van der Waals surface area contributed by atoms with Gasteiger partial charge < -0.3 is 5.32 Å². The fraction of sp³-hybridized carbons (Fsp3) is 0. The molecular weight excluding hydrogens is 294 g/mol. The Hall–Kier alpha value is -1.94. The number of nitrogens with one attached hydrogen (secondary N) is 1. The third kappa shape index (κ3) is 1.49. The lowest BCUT2D eigenvalue weighted by Crippen LogP contribution is -1.99. The lowest BCUT2D eigenvalue weighted by Gasteiger charge is -2.06. The van der Waals surface area contributed by atoms with Crippen molar-refractivity contribution in [2.24, 2.45) is 0 Å². The molecule has 0 saturated heterocycles. The molecule has 0 bridgehead atoms. The fourth-order valence-corrected chi connectivity index (χ4v) is 2.68. The predicted molar refractivity (Wildman–Crippen MR) is 72.7 cm³/mol. The van der Waals surface area contributed by atoms with Crippen LogP contribution in [0.3, 0.4) is 0 Å². The Balaban J connectivity index is 2.26. The highest BCUT2D eigenvalue weighted by atomic mass is 79.9. The molecule has 88 valence electrons. The monoisotopic (exact) mass is 301 g/mol. The van der Waals surface area contributed by atoms with Gasteiger partial charge in [-0.3, -0.25) is 9.59 Å². The van der Waals surface area contributed by atoms with E-state index in [1.54, 1.807) is 6.07 Å². The van der Waals surface area contributed by atoms with E-state index in [0.717, 1.165) is 15.6 Å². The summed E-state index contributed by atoms with van der Waals surface area (Å²) in [5, 5.41) is 2.57. The number of ketones is 1. The van der Waals surface area contributed by atoms with E-state index in [4.69, 9.17) is 0 Å². The largest absolute Gasteiger partial charge is 0.328 e. The van der Waals surface area contributed by atoms with E-state index in [1.165, 1.54) is 0 Å². The molecule has 0 radical (unpaired) electrons. The van der Waals surface area contributed by atoms with E-state index in [-0.39, 0.29) is 5.78 Å². The fourth-order valence-electron chi connectivity index (χ4n) is 2.22. The van der Waals surface area contributed by atoms with Gasteiger partial charge in [-0.25, -0.2) is 0 Å². The Morgan fingerprint density at radius 3 is 2.44 bits per heavy atom. The lowest BCUT2D eigenvalue weighted by atomic mass is 10.1. The van der Waals surface area contributed by atoms with Gasteiger partial charge in [0.25, 0.3) is 0 Å². The van der Waals surface area contributed by atoms with E-state index < -0.39 is 0 Å². The topological polar surface area (TPSA) is 46.2 Å². The smallest absolute Gasteiger partial charge is 0.211 e. The number of anilines is 1. The zero-order valence-corrected chi connectivity index (χ0v) is 10.8. The molecule has 0 aromatic heterocycles. The average molecular weight is 302 g/mol. The molecule has 0 atom stereocenters. The Labute approximate surface area is 112 Å². The molecule has 2 aromatic rings. The van der Waals surface area contributed by atoms with Gasteiger partial charge >= 0.3 is 0 Å². The first-order chi connectivity index (χ1) is 8.72. The summed E-state index contributed by atoms with van der Waals surface area (Å²) in [5.74, 6) is 0.00190. The summed E-state index contributed by atoms with van der Waals surface area (Å²) in [4.78, 5) is 22.7. The molecule has 2 aromatic carbocycles. The van der Waals surface area contributed by atoms with E-state index in [0.29, 0.717) is 23.2 Å². The summed E-state index contributed by atoms with van der Waals surface area (Å²) < 4.78 is 0.762. The standard InChI is InChI=1S/C14H8BrNO2/c15-12-5-10-8-3-1-2-4-9(8)14(18)11(10)6-13(12)16-7-17/h1-7H,(H,16,17). The minimum Gasteiger partial charge on any atom is -0.328 e. The first-order valence-corrected chi connectivity index (χ1v) is 6.19. The van der Waals surface area contributed by atoms with Crippen molar-refractivity contribution in [1.29, 1.82) is 0 Å². The van der Waals surface area contributed by atoms with Crippen molar-refractivity contribution in [2.75, 3.05) is 5.32 Å². The molecular formula is C14H8BrNO2. The molecule has 0 fully saturated rings. The molecule has 0 saturated carbocycles. The molecule has 0 aliphatic heterocycles. The number of hydrogen-bond donors (Lipinski definition) is 1. The minimum atomic E-state index is 0.00190. The van der Waals surface area contributed by atoms with E-state index in [9.17, 15) is 9.59 Å². The SMILES string of the molecule is O=CNc1cc2c(cc1Br)-c1ccccc1C2=O. The molecule has 4 heteroatoms. The normalized spacial score (nSPS) is 11.9. The van der Waals surface area contributed by atoms with E-state index in [2.05, 4.69) is 21.2 Å². The van der Waals surface area contributed by atoms with Gasteiger partial charge in [-0.1, -0.05) is 24.3 Å². The second-order valence-electron chi connectivity index (χ2n) is 4.01. The van der Waals surface area contributed by atoms with Crippen molar-refractivity contribution in [3.63, 3.8) is 0 Å². The summed E-state index contributed by atoms with van der Waals surface area (Å²) in [6, 6.07) is 11.1. The Morgan fingerprint density at radius 2 is 1.72 bits per heavy atom. The van der Waals surface area contributed by atoms with Crippen LogP contribution in [-0.2, 0) is 4.79 Å². The maximum Gasteiger partial charge on any atom is 0.211 e. The van der Waals surface area contributed by atoms with Crippen LogP contribution in [0.25, 0.3) is 11.1 Å². The zero-order chi connectivity index (χ0) is 12.7. The maximum atomic E-state index is 12.2. The maximum absolute atomic E-state index is 12.2. The molecule has 0 heterocycles. The number of carbonyl (C=O) groups is 2. The van der Waals surface area contributed by atoms with Crippen molar-refractivity contribution >= 4 is 33.8 Å². The molecule has 1 aliphatic rings. The van der Waals surface area contributed by atoms with Crippen LogP contribution in [0.2, 0.25) is 0 Å². The Kier molecular flexibility index (Phi) is 2.52. The van der Waals surface area contributed by atoms with Gasteiger partial charge in [0.15, 0.2) is 5.78 Å². The molecule has 3 rings (SSSR count). The second kappa shape index (κ2) is 4.07. The zero-order valence-electron chi connectivity index (χ0n) is 9.24. The van der Waals surface area contributed by atoms with Crippen LogP contribution in [-0.4, -0.2) is 12.2 Å². The number of halogens is 1. The third-order valence-corrected chi connectivity index (χ3v) is 3.68. The number of hydrogen-bond acceptors (Lipinski definition) is 2. The van der Waals surface area contributed by atoms with E-state index in [1.807, 2.05) is 30.3 Å². The van der Waals surface area contributed by atoms with Crippen LogP contribution in [0.4, 0.5) is 5.69 Å². The first kappa shape index (κ1) is 11.2. The van der Waals surface area contributed by atoms with Crippen LogP contribution in [0.15, 0.2) is 40.9 Å². The van der Waals surface area contributed by atoms with Gasteiger partial charge in [-0.15, -0.1) is 0 Å². The second-order valence-corrected chi connectivity index (χ2v) is 4.87. The number of carbonyl (C=O) groups excluding carboxylic acids is 2. The molecule has 0 unspecified atom stereocenters. The van der Waals surface area contributed by atoms with Crippen LogP contribution < -0.4 is 5.32 Å². The predicted octanol–water partition coefficient (Wildman–Crippen LogP) is 3.23. The first-order valence-electron chi connectivity index (χ1n) is 5.40. The van der Waals surface area contributed by atoms with Gasteiger partial charge in [0, 0.05) is 15.6 Å². The summed E-state index contributed by atoms with van der Waals surface area (Å²) in [7, 11) is 0. The van der Waals surface area contributed by atoms with Crippen molar-refractivity contribution in [3.05, 3.63) is 52.0 Å². The van der Waals surface area contributed by atoms with Crippen molar-refractivity contribution in [2.45, 2.75) is 0 Å². The molecule has 18 heavy (non-hydrogen) atoms. The molecule has 1 N–H and O–H groups in total. The third-order valence-electron chi connectivity index (χ3n) is 3.03. The number of rotatable bonds is 2. The average Bonchev–Trinajstić information content (AvgIpc) is 2.65. The van der Waals surface area contributed by atoms with Crippen LogP contribution in [0, 0.1) is 0 Å². The molecule has 1 amide bonds. The van der Waals surface area contributed by atoms with Crippen LogP contribution in [0.5, 0.6) is 0 Å². The number of fused-ring (bicyclic) bond motifs is 3. The Morgan fingerprint density at radius 1 is 1.00 bits per heavy atom. The van der Waals surface area contributed by atoms with Gasteiger partial charge in [-0.05, 0) is 39.2 Å². The van der Waals surface area contributed by atoms with Gasteiger partial charge in [0.1, 0.15) is 0 Å². The highest BCUT2D eigenvalue weighted by molar-refractivity contribution is 9.10. The molecule has 1 aliphatic carbocycles. The van der Waals surface area contributed by atoms with Crippen molar-refractivity contribution < 1.29 is 9.59 Å². The summed E-state index contributed by atoms with van der Waals surface area (Å²) >= 11 is 3.39. The van der Waals surface area contributed by atoms with Crippen molar-refractivity contribution in [3.8, 4) is 11.1 Å². The number of amides is 1. The molecule has 3 nitrogen and oxygen atoms in total. The minimum absolute atomic E-state index is 0.00190. The quantitative estimate of drug-likeness (QED) is 0.739. The summed E-state index contributed by atoms with van der Waals surface area (Å²) in [6.45, 7) is 0. The van der Waals surface area contributed by atoms with Crippen LogP contribution in [0.1, 0.15) is 15.9 Å². The summed E-state index contributed by atoms with van der Waals surface area (Å²) in [5.41, 5.74) is 3.78. The van der Waals surface area contributed by atoms with E-state index >= 15 is 0 Å². The van der Waals surface area contributed by atoms with Gasteiger partial charge in [0.05, 0.1) is 5.69 Å². The van der Waals surface area contributed by atoms with Crippen molar-refractivity contribution in [1.82, 2.24) is 0 Å². The highest BCUT2D eigenvalue weighted by Gasteiger charge is 2.27. The molecule has 0 spiro atoms. The Bertz CT molecular complexity index is 679.